The molecule has 0 aromatic carbocycles. The SMILES string of the molecule is Cc1cccc(=O)n1C(C)(C)C(=O)O. The van der Waals surface area contributed by atoms with Crippen molar-refractivity contribution < 1.29 is 9.90 Å². The molecule has 1 heterocycles. The zero-order chi connectivity index (χ0) is 10.9. The van der Waals surface area contributed by atoms with E-state index in [0.717, 1.165) is 0 Å². The summed E-state index contributed by atoms with van der Waals surface area (Å²) >= 11 is 0. The minimum Gasteiger partial charge on any atom is -0.480 e. The minimum absolute atomic E-state index is 0.294. The van der Waals surface area contributed by atoms with Crippen LogP contribution in [0.15, 0.2) is 23.0 Å². The molecule has 14 heavy (non-hydrogen) atoms. The zero-order valence-electron chi connectivity index (χ0n) is 8.44. The molecule has 0 amide bonds. The molecule has 0 aliphatic rings. The van der Waals surface area contributed by atoms with Crippen molar-refractivity contribution >= 4 is 5.97 Å². The lowest BCUT2D eigenvalue weighted by atomic mass is 10.0. The molecule has 76 valence electrons. The van der Waals surface area contributed by atoms with Gasteiger partial charge in [-0.05, 0) is 26.8 Å². The Labute approximate surface area is 81.8 Å². The zero-order valence-corrected chi connectivity index (χ0v) is 8.44. The molecular weight excluding hydrogens is 182 g/mol. The summed E-state index contributed by atoms with van der Waals surface area (Å²) in [6, 6.07) is 4.69. The summed E-state index contributed by atoms with van der Waals surface area (Å²) in [7, 11) is 0. The molecule has 0 aliphatic heterocycles. The van der Waals surface area contributed by atoms with Crippen LogP contribution in [0.5, 0.6) is 0 Å². The summed E-state index contributed by atoms with van der Waals surface area (Å²) in [5.74, 6) is -1.02. The van der Waals surface area contributed by atoms with Crippen molar-refractivity contribution in [3.8, 4) is 0 Å². The van der Waals surface area contributed by atoms with E-state index in [1.807, 2.05) is 0 Å². The second kappa shape index (κ2) is 3.29. The summed E-state index contributed by atoms with van der Waals surface area (Å²) in [4.78, 5) is 22.5. The average Bonchev–Trinajstić information content (AvgIpc) is 2.02. The van der Waals surface area contributed by atoms with Gasteiger partial charge < -0.3 is 5.11 Å². The number of aryl methyl sites for hydroxylation is 1. The van der Waals surface area contributed by atoms with Crippen molar-refractivity contribution in [3.63, 3.8) is 0 Å². The summed E-state index contributed by atoms with van der Waals surface area (Å²) in [5.41, 5.74) is -0.857. The van der Waals surface area contributed by atoms with Crippen LogP contribution in [0.1, 0.15) is 19.5 Å². The van der Waals surface area contributed by atoms with Gasteiger partial charge >= 0.3 is 5.97 Å². The molecule has 0 bridgehead atoms. The first-order valence-electron chi connectivity index (χ1n) is 4.30. The molecule has 0 unspecified atom stereocenters. The fourth-order valence-corrected chi connectivity index (χ4v) is 1.40. The summed E-state index contributed by atoms with van der Waals surface area (Å²) in [5, 5.41) is 8.98. The molecule has 0 atom stereocenters. The first-order chi connectivity index (χ1) is 6.37. The Balaban J connectivity index is 3.46. The summed E-state index contributed by atoms with van der Waals surface area (Å²) in [6.07, 6.45) is 0. The van der Waals surface area contributed by atoms with Crippen LogP contribution in [0.3, 0.4) is 0 Å². The number of hydrogen-bond acceptors (Lipinski definition) is 2. The van der Waals surface area contributed by atoms with Gasteiger partial charge in [-0.3, -0.25) is 9.36 Å². The van der Waals surface area contributed by atoms with Crippen molar-refractivity contribution in [1.82, 2.24) is 4.57 Å². The standard InChI is InChI=1S/C10H13NO3/c1-7-5-4-6-8(12)11(7)10(2,3)9(13)14/h4-6H,1-3H3,(H,13,14). The smallest absolute Gasteiger partial charge is 0.329 e. The predicted octanol–water partition coefficient (Wildman–Crippen LogP) is 0.976. The number of nitrogens with zero attached hydrogens (tertiary/aromatic N) is 1. The fraction of sp³-hybridized carbons (Fsp3) is 0.400. The maximum Gasteiger partial charge on any atom is 0.329 e. The van der Waals surface area contributed by atoms with Crippen molar-refractivity contribution in [2.75, 3.05) is 0 Å². The van der Waals surface area contributed by atoms with Crippen LogP contribution in [0.2, 0.25) is 0 Å². The van der Waals surface area contributed by atoms with E-state index in [9.17, 15) is 9.59 Å². The highest BCUT2D eigenvalue weighted by atomic mass is 16.4. The van der Waals surface area contributed by atoms with Gasteiger partial charge in [-0.25, -0.2) is 4.79 Å². The third-order valence-corrected chi connectivity index (χ3v) is 2.23. The van der Waals surface area contributed by atoms with E-state index < -0.39 is 11.5 Å². The Kier molecular flexibility index (Phi) is 2.47. The van der Waals surface area contributed by atoms with Gasteiger partial charge in [0.2, 0.25) is 0 Å². The van der Waals surface area contributed by atoms with E-state index in [4.69, 9.17) is 5.11 Å². The normalized spacial score (nSPS) is 11.4. The maximum absolute atomic E-state index is 11.5. The topological polar surface area (TPSA) is 59.3 Å². The van der Waals surface area contributed by atoms with Crippen LogP contribution in [0.4, 0.5) is 0 Å². The molecule has 0 radical (unpaired) electrons. The summed E-state index contributed by atoms with van der Waals surface area (Å²) in [6.45, 7) is 4.72. The molecule has 1 rings (SSSR count). The van der Waals surface area contributed by atoms with Crippen LogP contribution < -0.4 is 5.56 Å². The molecular formula is C10H13NO3. The van der Waals surface area contributed by atoms with Gasteiger partial charge in [-0.2, -0.15) is 0 Å². The average molecular weight is 195 g/mol. The van der Waals surface area contributed by atoms with Gasteiger partial charge in [0.05, 0.1) is 0 Å². The lowest BCUT2D eigenvalue weighted by Crippen LogP contribution is -2.43. The Hall–Kier alpha value is -1.58. The first-order valence-corrected chi connectivity index (χ1v) is 4.30. The van der Waals surface area contributed by atoms with E-state index in [1.165, 1.54) is 24.5 Å². The van der Waals surface area contributed by atoms with Crippen molar-refractivity contribution in [2.45, 2.75) is 26.3 Å². The molecule has 1 N–H and O–H groups in total. The Morgan fingerprint density at radius 2 is 2.00 bits per heavy atom. The number of carboxylic acid groups (broad SMARTS) is 1. The first kappa shape index (κ1) is 10.5. The van der Waals surface area contributed by atoms with Gasteiger partial charge in [-0.1, -0.05) is 6.07 Å². The van der Waals surface area contributed by atoms with E-state index in [0.29, 0.717) is 5.69 Å². The monoisotopic (exact) mass is 195 g/mol. The van der Waals surface area contributed by atoms with Crippen LogP contribution in [-0.4, -0.2) is 15.6 Å². The molecule has 0 saturated carbocycles. The molecule has 0 saturated heterocycles. The van der Waals surface area contributed by atoms with E-state index in [-0.39, 0.29) is 5.56 Å². The highest BCUT2D eigenvalue weighted by Crippen LogP contribution is 2.14. The number of aliphatic carboxylic acids is 1. The molecule has 0 spiro atoms. The highest BCUT2D eigenvalue weighted by Gasteiger charge is 2.30. The Bertz CT molecular complexity index is 418. The number of carboxylic acids is 1. The van der Waals surface area contributed by atoms with Crippen LogP contribution in [-0.2, 0) is 10.3 Å². The Morgan fingerprint density at radius 1 is 1.43 bits per heavy atom. The Morgan fingerprint density at radius 3 is 2.43 bits per heavy atom. The molecule has 0 fully saturated rings. The minimum atomic E-state index is -1.21. The number of carbonyl (C=O) groups is 1. The van der Waals surface area contributed by atoms with Gasteiger partial charge in [-0.15, -0.1) is 0 Å². The largest absolute Gasteiger partial charge is 0.480 e. The fourth-order valence-electron chi connectivity index (χ4n) is 1.40. The molecule has 1 aromatic heterocycles. The molecule has 0 aliphatic carbocycles. The number of aromatic nitrogens is 1. The molecule has 4 heteroatoms. The lowest BCUT2D eigenvalue weighted by Gasteiger charge is -2.24. The number of rotatable bonds is 2. The van der Waals surface area contributed by atoms with Crippen molar-refractivity contribution in [1.29, 1.82) is 0 Å². The van der Waals surface area contributed by atoms with Crippen LogP contribution in [0.25, 0.3) is 0 Å². The van der Waals surface area contributed by atoms with Crippen LogP contribution in [0, 0.1) is 6.92 Å². The predicted molar refractivity (Wildman–Crippen MR) is 52.4 cm³/mol. The summed E-state index contributed by atoms with van der Waals surface area (Å²) < 4.78 is 1.27. The highest BCUT2D eigenvalue weighted by molar-refractivity contribution is 5.75. The van der Waals surface area contributed by atoms with E-state index in [2.05, 4.69) is 0 Å². The third kappa shape index (κ3) is 1.55. The van der Waals surface area contributed by atoms with E-state index >= 15 is 0 Å². The van der Waals surface area contributed by atoms with Gasteiger partial charge in [0.15, 0.2) is 0 Å². The van der Waals surface area contributed by atoms with Crippen molar-refractivity contribution in [2.24, 2.45) is 0 Å². The number of hydrogen-bond donors (Lipinski definition) is 1. The molecule has 1 aromatic rings. The second-order valence-corrected chi connectivity index (χ2v) is 3.70. The van der Waals surface area contributed by atoms with Crippen molar-refractivity contribution in [3.05, 3.63) is 34.2 Å². The van der Waals surface area contributed by atoms with Gasteiger partial charge in [0.25, 0.3) is 5.56 Å². The van der Waals surface area contributed by atoms with Gasteiger partial charge in [0.1, 0.15) is 5.54 Å². The van der Waals surface area contributed by atoms with E-state index in [1.54, 1.807) is 19.1 Å². The maximum atomic E-state index is 11.5. The van der Waals surface area contributed by atoms with Gasteiger partial charge in [0, 0.05) is 11.8 Å². The number of pyridine rings is 1. The third-order valence-electron chi connectivity index (χ3n) is 2.23. The quantitative estimate of drug-likeness (QED) is 0.765. The van der Waals surface area contributed by atoms with Crippen LogP contribution >= 0.6 is 0 Å². The molecule has 4 nitrogen and oxygen atoms in total. The lowest BCUT2D eigenvalue weighted by molar-refractivity contribution is -0.145. The second-order valence-electron chi connectivity index (χ2n) is 3.70.